The Morgan fingerprint density at radius 3 is 2.45 bits per heavy atom. The van der Waals surface area contributed by atoms with Crippen LogP contribution in [0.1, 0.15) is 56.3 Å². The molecular formula is C18H27NO. The molecule has 0 aromatic heterocycles. The van der Waals surface area contributed by atoms with Crippen molar-refractivity contribution in [2.75, 3.05) is 19.7 Å². The van der Waals surface area contributed by atoms with E-state index in [9.17, 15) is 0 Å². The van der Waals surface area contributed by atoms with Gasteiger partial charge in [0.1, 0.15) is 0 Å². The molecule has 2 atom stereocenters. The average molecular weight is 273 g/mol. The molecule has 1 saturated heterocycles. The van der Waals surface area contributed by atoms with E-state index >= 15 is 0 Å². The molecule has 20 heavy (non-hydrogen) atoms. The van der Waals surface area contributed by atoms with Crippen LogP contribution in [0.25, 0.3) is 0 Å². The molecule has 2 unspecified atom stereocenters. The summed E-state index contributed by atoms with van der Waals surface area (Å²) in [5.41, 5.74) is 2.88. The Morgan fingerprint density at radius 1 is 1.10 bits per heavy atom. The highest BCUT2D eigenvalue weighted by molar-refractivity contribution is 5.29. The first-order valence-electron chi connectivity index (χ1n) is 8.16. The molecule has 0 radical (unpaired) electrons. The van der Waals surface area contributed by atoms with Gasteiger partial charge in [-0.25, -0.2) is 0 Å². The van der Waals surface area contributed by atoms with Crippen LogP contribution in [0.5, 0.6) is 0 Å². The molecule has 0 bridgehead atoms. The molecule has 1 aromatic carbocycles. The third-order valence-corrected chi connectivity index (χ3v) is 4.49. The summed E-state index contributed by atoms with van der Waals surface area (Å²) in [7, 11) is 0. The standard InChI is InChI=1S/C18H27NO/c1-13(2)11-19-12-17-9-10-20-18(17)16-7-5-15(6-8-16)14-3-4-14/h5-8,13-14,17-19H,3-4,9-12H2,1-2H3. The smallest absolute Gasteiger partial charge is 0.0866 e. The Hall–Kier alpha value is -0.860. The molecule has 0 spiro atoms. The van der Waals surface area contributed by atoms with Gasteiger partial charge in [-0.1, -0.05) is 38.1 Å². The molecule has 1 N–H and O–H groups in total. The SMILES string of the molecule is CC(C)CNCC1CCOC1c1ccc(C2CC2)cc1. The summed E-state index contributed by atoms with van der Waals surface area (Å²) in [6, 6.07) is 9.21. The van der Waals surface area contributed by atoms with Crippen molar-refractivity contribution in [2.24, 2.45) is 11.8 Å². The normalized spacial score (nSPS) is 26.4. The van der Waals surface area contributed by atoms with Crippen LogP contribution >= 0.6 is 0 Å². The molecule has 1 saturated carbocycles. The van der Waals surface area contributed by atoms with Crippen LogP contribution in [0, 0.1) is 11.8 Å². The van der Waals surface area contributed by atoms with E-state index in [1.54, 1.807) is 0 Å². The van der Waals surface area contributed by atoms with Gasteiger partial charge in [-0.2, -0.15) is 0 Å². The van der Waals surface area contributed by atoms with E-state index in [-0.39, 0.29) is 0 Å². The lowest BCUT2D eigenvalue weighted by Gasteiger charge is -2.20. The molecular weight excluding hydrogens is 246 g/mol. The molecule has 2 aliphatic rings. The highest BCUT2D eigenvalue weighted by Gasteiger charge is 2.30. The summed E-state index contributed by atoms with van der Waals surface area (Å²) < 4.78 is 5.99. The van der Waals surface area contributed by atoms with Gasteiger partial charge in [0.25, 0.3) is 0 Å². The van der Waals surface area contributed by atoms with Crippen LogP contribution in [0.4, 0.5) is 0 Å². The molecule has 2 fully saturated rings. The van der Waals surface area contributed by atoms with E-state index in [1.165, 1.54) is 30.4 Å². The van der Waals surface area contributed by atoms with Crippen LogP contribution in [-0.4, -0.2) is 19.7 Å². The Kier molecular flexibility index (Phi) is 4.42. The summed E-state index contributed by atoms with van der Waals surface area (Å²) in [5.74, 6) is 2.19. The Bertz CT molecular complexity index is 422. The van der Waals surface area contributed by atoms with E-state index in [1.807, 2.05) is 0 Å². The van der Waals surface area contributed by atoms with Crippen molar-refractivity contribution in [3.05, 3.63) is 35.4 Å². The minimum Gasteiger partial charge on any atom is -0.373 e. The van der Waals surface area contributed by atoms with Gasteiger partial charge >= 0.3 is 0 Å². The monoisotopic (exact) mass is 273 g/mol. The fourth-order valence-electron chi connectivity index (χ4n) is 3.14. The third kappa shape index (κ3) is 3.42. The first-order valence-corrected chi connectivity index (χ1v) is 8.16. The zero-order valence-electron chi connectivity index (χ0n) is 12.8. The quantitative estimate of drug-likeness (QED) is 0.849. The van der Waals surface area contributed by atoms with Crippen molar-refractivity contribution in [2.45, 2.75) is 45.1 Å². The molecule has 2 heteroatoms. The summed E-state index contributed by atoms with van der Waals surface area (Å²) in [6.07, 6.45) is 4.23. The van der Waals surface area contributed by atoms with E-state index in [0.29, 0.717) is 17.9 Å². The number of rotatable bonds is 6. The lowest BCUT2D eigenvalue weighted by atomic mass is 9.94. The number of hydrogen-bond acceptors (Lipinski definition) is 2. The lowest BCUT2D eigenvalue weighted by Crippen LogP contribution is -2.27. The van der Waals surface area contributed by atoms with Gasteiger partial charge in [0.2, 0.25) is 0 Å². The fraction of sp³-hybridized carbons (Fsp3) is 0.667. The van der Waals surface area contributed by atoms with Crippen LogP contribution in [0.3, 0.4) is 0 Å². The van der Waals surface area contributed by atoms with E-state index in [0.717, 1.165) is 25.6 Å². The topological polar surface area (TPSA) is 21.3 Å². The third-order valence-electron chi connectivity index (χ3n) is 4.49. The van der Waals surface area contributed by atoms with Gasteiger partial charge in [0, 0.05) is 19.1 Å². The zero-order valence-corrected chi connectivity index (χ0v) is 12.8. The van der Waals surface area contributed by atoms with Crippen molar-refractivity contribution in [1.82, 2.24) is 5.32 Å². The highest BCUT2D eigenvalue weighted by atomic mass is 16.5. The van der Waals surface area contributed by atoms with Crippen LogP contribution in [0.2, 0.25) is 0 Å². The molecule has 1 aliphatic carbocycles. The van der Waals surface area contributed by atoms with Crippen LogP contribution < -0.4 is 5.32 Å². The van der Waals surface area contributed by atoms with E-state index in [2.05, 4.69) is 43.4 Å². The number of nitrogens with one attached hydrogen (secondary N) is 1. The first-order chi connectivity index (χ1) is 9.74. The molecule has 110 valence electrons. The van der Waals surface area contributed by atoms with Crippen molar-refractivity contribution in [3.63, 3.8) is 0 Å². The van der Waals surface area contributed by atoms with Gasteiger partial charge in [-0.3, -0.25) is 0 Å². The summed E-state index contributed by atoms with van der Waals surface area (Å²) in [4.78, 5) is 0. The maximum absolute atomic E-state index is 5.99. The van der Waals surface area contributed by atoms with Crippen molar-refractivity contribution >= 4 is 0 Å². The predicted molar refractivity (Wildman–Crippen MR) is 82.9 cm³/mol. The minimum atomic E-state index is 0.294. The summed E-state index contributed by atoms with van der Waals surface area (Å²) in [6.45, 7) is 7.60. The molecule has 0 amide bonds. The number of benzene rings is 1. The van der Waals surface area contributed by atoms with Crippen LogP contribution in [0.15, 0.2) is 24.3 Å². The van der Waals surface area contributed by atoms with E-state index < -0.39 is 0 Å². The fourth-order valence-corrected chi connectivity index (χ4v) is 3.14. The largest absolute Gasteiger partial charge is 0.373 e. The molecule has 1 aliphatic heterocycles. The van der Waals surface area contributed by atoms with Crippen molar-refractivity contribution in [3.8, 4) is 0 Å². The van der Waals surface area contributed by atoms with Gasteiger partial charge in [-0.05, 0) is 48.8 Å². The zero-order chi connectivity index (χ0) is 13.9. The Morgan fingerprint density at radius 2 is 1.80 bits per heavy atom. The predicted octanol–water partition coefficient (Wildman–Crippen LogP) is 3.89. The lowest BCUT2D eigenvalue weighted by molar-refractivity contribution is 0.0903. The van der Waals surface area contributed by atoms with E-state index in [4.69, 9.17) is 4.74 Å². The molecule has 1 aromatic rings. The molecule has 2 nitrogen and oxygen atoms in total. The summed E-state index contributed by atoms with van der Waals surface area (Å²) >= 11 is 0. The van der Waals surface area contributed by atoms with Crippen molar-refractivity contribution < 1.29 is 4.74 Å². The van der Waals surface area contributed by atoms with Gasteiger partial charge in [0.05, 0.1) is 6.10 Å². The number of hydrogen-bond donors (Lipinski definition) is 1. The summed E-state index contributed by atoms with van der Waals surface area (Å²) in [5, 5.41) is 3.59. The second-order valence-electron chi connectivity index (χ2n) is 6.83. The van der Waals surface area contributed by atoms with Gasteiger partial charge < -0.3 is 10.1 Å². The number of ether oxygens (including phenoxy) is 1. The molecule has 3 rings (SSSR count). The second kappa shape index (κ2) is 6.28. The Balaban J connectivity index is 1.59. The first kappa shape index (κ1) is 14.1. The maximum atomic E-state index is 5.99. The molecule has 1 heterocycles. The van der Waals surface area contributed by atoms with Gasteiger partial charge in [0.15, 0.2) is 0 Å². The minimum absolute atomic E-state index is 0.294. The maximum Gasteiger partial charge on any atom is 0.0866 e. The second-order valence-corrected chi connectivity index (χ2v) is 6.83. The Labute approximate surface area is 122 Å². The van der Waals surface area contributed by atoms with Crippen LogP contribution in [-0.2, 0) is 4.74 Å². The van der Waals surface area contributed by atoms with Crippen molar-refractivity contribution in [1.29, 1.82) is 0 Å². The average Bonchev–Trinajstić information content (AvgIpc) is 3.19. The highest BCUT2D eigenvalue weighted by Crippen LogP contribution is 2.41. The van der Waals surface area contributed by atoms with Gasteiger partial charge in [-0.15, -0.1) is 0 Å².